The highest BCUT2D eigenvalue weighted by molar-refractivity contribution is 6.17. The summed E-state index contributed by atoms with van der Waals surface area (Å²) >= 11 is 6.00. The molecule has 1 heterocycles. The number of fused-ring (bicyclic) bond motifs is 1. The molecule has 0 bridgehead atoms. The monoisotopic (exact) mass is 324 g/mol. The molecule has 0 N–H and O–H groups in total. The quantitative estimate of drug-likeness (QED) is 0.763. The number of hydrogen-bond acceptors (Lipinski definition) is 3. The fourth-order valence-electron chi connectivity index (χ4n) is 4.00. The highest BCUT2D eigenvalue weighted by atomic mass is 35.5. The van der Waals surface area contributed by atoms with Crippen LogP contribution in [0.3, 0.4) is 0 Å². The second kappa shape index (κ2) is 6.67. The van der Waals surface area contributed by atoms with Crippen LogP contribution in [0.2, 0.25) is 0 Å². The van der Waals surface area contributed by atoms with E-state index in [2.05, 4.69) is 12.1 Å². The first kappa shape index (κ1) is 15.9. The molecule has 1 aromatic carbocycles. The summed E-state index contributed by atoms with van der Waals surface area (Å²) in [5.74, 6) is 2.18. The van der Waals surface area contributed by atoms with Gasteiger partial charge in [-0.1, -0.05) is 12.8 Å². The van der Waals surface area contributed by atoms with E-state index in [9.17, 15) is 0 Å². The Morgan fingerprint density at radius 3 is 2.50 bits per heavy atom. The van der Waals surface area contributed by atoms with Crippen molar-refractivity contribution in [3.05, 3.63) is 23.3 Å². The highest BCUT2D eigenvalue weighted by Crippen LogP contribution is 2.47. The molecule has 1 saturated carbocycles. The first-order valence-electron chi connectivity index (χ1n) is 8.14. The van der Waals surface area contributed by atoms with Crippen molar-refractivity contribution < 1.29 is 14.2 Å². The lowest BCUT2D eigenvalue weighted by Gasteiger charge is -2.27. The minimum Gasteiger partial charge on any atom is -0.493 e. The highest BCUT2D eigenvalue weighted by Gasteiger charge is 2.39. The molecule has 2 aliphatic rings. The van der Waals surface area contributed by atoms with Crippen molar-refractivity contribution in [3.63, 3.8) is 0 Å². The second-order valence-corrected chi connectivity index (χ2v) is 6.95. The molecule has 0 saturated heterocycles. The summed E-state index contributed by atoms with van der Waals surface area (Å²) < 4.78 is 17.3. The van der Waals surface area contributed by atoms with Crippen molar-refractivity contribution >= 4 is 11.6 Å². The first-order valence-corrected chi connectivity index (χ1v) is 8.67. The number of methoxy groups -OCH3 is 2. The lowest BCUT2D eigenvalue weighted by atomic mass is 9.80. The summed E-state index contributed by atoms with van der Waals surface area (Å²) in [6.45, 7) is 0.841. The van der Waals surface area contributed by atoms with E-state index in [0.29, 0.717) is 11.3 Å². The molecule has 1 spiro atoms. The Morgan fingerprint density at radius 2 is 1.86 bits per heavy atom. The van der Waals surface area contributed by atoms with E-state index < -0.39 is 0 Å². The van der Waals surface area contributed by atoms with Crippen LogP contribution in [-0.2, 0) is 11.2 Å². The summed E-state index contributed by atoms with van der Waals surface area (Å²) in [7, 11) is 3.37. The Balaban J connectivity index is 2.03. The molecular weight excluding hydrogens is 300 g/mol. The van der Waals surface area contributed by atoms with Crippen molar-refractivity contribution in [2.24, 2.45) is 5.41 Å². The smallest absolute Gasteiger partial charge is 0.161 e. The molecule has 1 aliphatic heterocycles. The maximum Gasteiger partial charge on any atom is 0.161 e. The minimum absolute atomic E-state index is 0.0623. The van der Waals surface area contributed by atoms with Gasteiger partial charge < -0.3 is 14.2 Å². The maximum atomic E-state index is 6.30. The summed E-state index contributed by atoms with van der Waals surface area (Å²) in [5.41, 5.74) is 2.87. The lowest BCUT2D eigenvalue weighted by molar-refractivity contribution is -0.00174. The number of rotatable bonds is 4. The topological polar surface area (TPSA) is 27.7 Å². The predicted octanol–water partition coefficient (Wildman–Crippen LogP) is 4.51. The van der Waals surface area contributed by atoms with Gasteiger partial charge in [0.15, 0.2) is 11.5 Å². The average molecular weight is 325 g/mol. The van der Waals surface area contributed by atoms with Gasteiger partial charge in [0.25, 0.3) is 0 Å². The van der Waals surface area contributed by atoms with Gasteiger partial charge in [0.1, 0.15) is 0 Å². The fourth-order valence-corrected chi connectivity index (χ4v) is 4.19. The molecule has 1 unspecified atom stereocenters. The van der Waals surface area contributed by atoms with Crippen LogP contribution < -0.4 is 9.47 Å². The third-order valence-corrected chi connectivity index (χ3v) is 5.40. The third-order valence-electron chi connectivity index (χ3n) is 5.18. The first-order chi connectivity index (χ1) is 10.7. The average Bonchev–Trinajstić information content (AvgIpc) is 2.93. The van der Waals surface area contributed by atoms with E-state index in [1.807, 2.05) is 0 Å². The Morgan fingerprint density at radius 1 is 1.18 bits per heavy atom. The number of hydrogen-bond donors (Lipinski definition) is 0. The normalized spacial score (nSPS) is 23.1. The number of halogens is 1. The predicted molar refractivity (Wildman–Crippen MR) is 88.2 cm³/mol. The molecule has 0 radical (unpaired) electrons. The van der Waals surface area contributed by atoms with E-state index in [1.54, 1.807) is 14.2 Å². The maximum absolute atomic E-state index is 6.30. The van der Waals surface area contributed by atoms with Crippen LogP contribution in [0.1, 0.15) is 49.3 Å². The molecule has 122 valence electrons. The second-order valence-electron chi connectivity index (χ2n) is 6.57. The van der Waals surface area contributed by atoms with Crippen LogP contribution in [0.15, 0.2) is 12.1 Å². The Labute approximate surface area is 137 Å². The van der Waals surface area contributed by atoms with Gasteiger partial charge in [-0.2, -0.15) is 0 Å². The van der Waals surface area contributed by atoms with E-state index >= 15 is 0 Å². The van der Waals surface area contributed by atoms with Gasteiger partial charge in [-0.3, -0.25) is 0 Å². The largest absolute Gasteiger partial charge is 0.493 e. The number of benzene rings is 1. The Kier molecular flexibility index (Phi) is 4.84. The van der Waals surface area contributed by atoms with Crippen molar-refractivity contribution in [2.45, 2.75) is 44.6 Å². The van der Waals surface area contributed by atoms with Crippen LogP contribution in [0.25, 0.3) is 0 Å². The van der Waals surface area contributed by atoms with Crippen molar-refractivity contribution in [1.29, 1.82) is 0 Å². The zero-order valence-electron chi connectivity index (χ0n) is 13.5. The molecular formula is C18H25ClO3. The van der Waals surface area contributed by atoms with Crippen molar-refractivity contribution in [3.8, 4) is 11.5 Å². The molecule has 1 aliphatic carbocycles. The molecule has 0 aromatic heterocycles. The van der Waals surface area contributed by atoms with Crippen LogP contribution >= 0.6 is 11.6 Å². The van der Waals surface area contributed by atoms with Crippen LogP contribution in [0.4, 0.5) is 0 Å². The summed E-state index contributed by atoms with van der Waals surface area (Å²) in [4.78, 5) is 0. The zero-order valence-corrected chi connectivity index (χ0v) is 14.2. The van der Waals surface area contributed by atoms with E-state index in [-0.39, 0.29) is 6.10 Å². The molecule has 4 heteroatoms. The number of ether oxygens (including phenoxy) is 3. The standard InChI is InChI=1S/C18H25ClO3/c1-20-16-9-13-11-18(6-3-4-7-18)12-22-15(5-8-19)14(13)10-17(16)21-2/h9-10,15H,3-8,11-12H2,1-2H3. The van der Waals surface area contributed by atoms with Gasteiger partial charge in [-0.05, 0) is 54.4 Å². The van der Waals surface area contributed by atoms with E-state index in [1.165, 1.54) is 36.8 Å². The molecule has 1 aromatic rings. The van der Waals surface area contributed by atoms with Gasteiger partial charge in [0, 0.05) is 5.88 Å². The minimum atomic E-state index is 0.0623. The summed E-state index contributed by atoms with van der Waals surface area (Å²) in [5, 5.41) is 0. The molecule has 22 heavy (non-hydrogen) atoms. The SMILES string of the molecule is COc1cc2c(cc1OC)C(CCCl)OCC1(CCCC1)C2. The van der Waals surface area contributed by atoms with Gasteiger partial charge >= 0.3 is 0 Å². The fraction of sp³-hybridized carbons (Fsp3) is 0.667. The van der Waals surface area contributed by atoms with Gasteiger partial charge in [-0.25, -0.2) is 0 Å². The number of alkyl halides is 1. The van der Waals surface area contributed by atoms with Gasteiger partial charge in [0.05, 0.1) is 26.9 Å². The zero-order chi connectivity index (χ0) is 15.6. The molecule has 3 rings (SSSR count). The van der Waals surface area contributed by atoms with Crippen molar-refractivity contribution in [1.82, 2.24) is 0 Å². The van der Waals surface area contributed by atoms with Crippen LogP contribution in [0, 0.1) is 5.41 Å². The van der Waals surface area contributed by atoms with Gasteiger partial charge in [-0.15, -0.1) is 11.6 Å². The third kappa shape index (κ3) is 2.93. The van der Waals surface area contributed by atoms with E-state index in [0.717, 1.165) is 30.9 Å². The summed E-state index contributed by atoms with van der Waals surface area (Å²) in [6, 6.07) is 4.23. The molecule has 1 atom stereocenters. The van der Waals surface area contributed by atoms with E-state index in [4.69, 9.17) is 25.8 Å². The molecule has 3 nitrogen and oxygen atoms in total. The van der Waals surface area contributed by atoms with Crippen LogP contribution in [0.5, 0.6) is 11.5 Å². The molecule has 1 fully saturated rings. The Bertz CT molecular complexity index is 523. The Hall–Kier alpha value is -0.930. The lowest BCUT2D eigenvalue weighted by Crippen LogP contribution is -2.24. The summed E-state index contributed by atoms with van der Waals surface area (Å²) in [6.07, 6.45) is 7.11. The molecule has 0 amide bonds. The van der Waals surface area contributed by atoms with Gasteiger partial charge in [0.2, 0.25) is 0 Å². The van der Waals surface area contributed by atoms with Crippen molar-refractivity contribution in [2.75, 3.05) is 26.7 Å². The van der Waals surface area contributed by atoms with Crippen LogP contribution in [-0.4, -0.2) is 26.7 Å².